The van der Waals surface area contributed by atoms with Crippen LogP contribution in [0.2, 0.25) is 0 Å². The smallest absolute Gasteiger partial charge is 0.333 e. The van der Waals surface area contributed by atoms with Crippen LogP contribution in [0.4, 0.5) is 0 Å². The Kier molecular flexibility index (Phi) is 14.1. The maximum Gasteiger partial charge on any atom is 0.333 e. The van der Waals surface area contributed by atoms with Crippen LogP contribution in [0.5, 0.6) is 11.5 Å². The van der Waals surface area contributed by atoms with Crippen LogP contribution in [0, 0.1) is 5.92 Å². The largest absolute Gasteiger partial charge is 0.508 e. The summed E-state index contributed by atoms with van der Waals surface area (Å²) in [4.78, 5) is 49.0. The second-order valence-electron chi connectivity index (χ2n) is 10.3. The van der Waals surface area contributed by atoms with Gasteiger partial charge in [0.05, 0.1) is 0 Å². The van der Waals surface area contributed by atoms with E-state index in [1.807, 2.05) is 0 Å². The molecule has 0 saturated heterocycles. The minimum absolute atomic E-state index is 0.0821. The van der Waals surface area contributed by atoms with Crippen molar-refractivity contribution < 1.29 is 38.5 Å². The van der Waals surface area contributed by atoms with Gasteiger partial charge in [0.25, 0.3) is 0 Å². The number of amides is 1. The predicted octanol–water partition coefficient (Wildman–Crippen LogP) is 4.84. The molecule has 2 aromatic rings. The number of carbonyl (C=O) groups is 4. The molecule has 2 aromatic carbocycles. The summed E-state index contributed by atoms with van der Waals surface area (Å²) in [6.45, 7) is 9.00. The summed E-state index contributed by atoms with van der Waals surface area (Å²) in [7, 11) is 0. The van der Waals surface area contributed by atoms with E-state index in [2.05, 4.69) is 25.7 Å². The number of ether oxygens (including phenoxy) is 3. The van der Waals surface area contributed by atoms with Gasteiger partial charge in [-0.25, -0.2) is 9.59 Å². The van der Waals surface area contributed by atoms with Gasteiger partial charge in [0.1, 0.15) is 30.8 Å². The Hall–Kier alpha value is -4.14. The highest BCUT2D eigenvalue weighted by molar-refractivity contribution is 5.87. The number of phenolic OH excluding ortho intramolecular Hbond substituents is 1. The topological polar surface area (TPSA) is 128 Å². The number of aryl methyl sites for hydroxylation is 1. The van der Waals surface area contributed by atoms with Crippen molar-refractivity contribution in [3.63, 3.8) is 0 Å². The van der Waals surface area contributed by atoms with Crippen molar-refractivity contribution in [2.45, 2.75) is 71.8 Å². The summed E-state index contributed by atoms with van der Waals surface area (Å²) in [5.74, 6) is -0.717. The van der Waals surface area contributed by atoms with Gasteiger partial charge in [0.15, 0.2) is 0 Å². The second kappa shape index (κ2) is 17.5. The van der Waals surface area contributed by atoms with Crippen LogP contribution in [0.1, 0.15) is 64.0 Å². The molecule has 0 aromatic heterocycles. The van der Waals surface area contributed by atoms with Crippen molar-refractivity contribution in [3.8, 4) is 11.5 Å². The third kappa shape index (κ3) is 13.7. The predicted molar refractivity (Wildman–Crippen MR) is 154 cm³/mol. The number of hydrogen-bond donors (Lipinski definition) is 2. The molecule has 2 N–H and O–H groups in total. The lowest BCUT2D eigenvalue weighted by molar-refractivity contribution is -0.152. The Morgan fingerprint density at radius 1 is 0.878 bits per heavy atom. The molecule has 0 aliphatic carbocycles. The lowest BCUT2D eigenvalue weighted by atomic mass is 10.0. The Balaban J connectivity index is 1.87. The van der Waals surface area contributed by atoms with Crippen LogP contribution in [0.15, 0.2) is 60.7 Å². The van der Waals surface area contributed by atoms with E-state index >= 15 is 0 Å². The van der Waals surface area contributed by atoms with Gasteiger partial charge >= 0.3 is 17.9 Å². The van der Waals surface area contributed by atoms with Crippen molar-refractivity contribution >= 4 is 23.8 Å². The molecule has 9 heteroatoms. The maximum atomic E-state index is 12.8. The zero-order valence-corrected chi connectivity index (χ0v) is 24.1. The molecule has 2 rings (SSSR count). The first kappa shape index (κ1) is 33.1. The molecule has 0 aliphatic rings. The van der Waals surface area contributed by atoms with Gasteiger partial charge in [0.2, 0.25) is 5.91 Å². The van der Waals surface area contributed by atoms with E-state index in [1.54, 1.807) is 36.4 Å². The molecule has 1 amide bonds. The number of carbonyl (C=O) groups excluding carboxylic acids is 4. The van der Waals surface area contributed by atoms with Gasteiger partial charge in [0, 0.05) is 24.8 Å². The molecule has 9 nitrogen and oxygen atoms in total. The minimum atomic E-state index is -0.980. The first-order chi connectivity index (χ1) is 19.5. The lowest BCUT2D eigenvalue weighted by Gasteiger charge is -2.18. The summed E-state index contributed by atoms with van der Waals surface area (Å²) in [6.07, 6.45) is 3.93. The van der Waals surface area contributed by atoms with Crippen molar-refractivity contribution in [3.05, 3.63) is 71.8 Å². The number of esters is 3. The number of phenols is 1. The molecule has 41 heavy (non-hydrogen) atoms. The molecule has 0 radical (unpaired) electrons. The lowest BCUT2D eigenvalue weighted by Crippen LogP contribution is -2.43. The van der Waals surface area contributed by atoms with Gasteiger partial charge in [-0.1, -0.05) is 57.5 Å². The van der Waals surface area contributed by atoms with Crippen molar-refractivity contribution in [1.82, 2.24) is 5.32 Å². The summed E-state index contributed by atoms with van der Waals surface area (Å²) >= 11 is 0. The first-order valence-corrected chi connectivity index (χ1v) is 13.9. The number of hydrogen-bond acceptors (Lipinski definition) is 8. The summed E-state index contributed by atoms with van der Waals surface area (Å²) in [5.41, 5.74) is 1.81. The van der Waals surface area contributed by atoms with Gasteiger partial charge in [-0.15, -0.1) is 0 Å². The van der Waals surface area contributed by atoms with E-state index in [9.17, 15) is 24.3 Å². The molecule has 0 spiro atoms. The zero-order valence-electron chi connectivity index (χ0n) is 24.1. The fourth-order valence-electron chi connectivity index (χ4n) is 3.81. The number of aromatic hydroxyl groups is 1. The van der Waals surface area contributed by atoms with E-state index in [-0.39, 0.29) is 49.3 Å². The van der Waals surface area contributed by atoms with Crippen LogP contribution in [0.3, 0.4) is 0 Å². The molecule has 0 saturated carbocycles. The fourth-order valence-corrected chi connectivity index (χ4v) is 3.81. The highest BCUT2D eigenvalue weighted by atomic mass is 16.6. The molecule has 1 atom stereocenters. The number of benzene rings is 2. The summed E-state index contributed by atoms with van der Waals surface area (Å²) in [6, 6.07) is 12.3. The number of unbranched alkanes of at least 4 members (excludes halogenated alkanes) is 1. The number of rotatable bonds is 17. The molecule has 0 heterocycles. The molecule has 0 unspecified atom stereocenters. The Bertz CT molecular complexity index is 1160. The highest BCUT2D eigenvalue weighted by Crippen LogP contribution is 2.16. The van der Waals surface area contributed by atoms with Gasteiger partial charge in [-0.05, 0) is 61.1 Å². The third-order valence-electron chi connectivity index (χ3n) is 6.11. The SMILES string of the molecule is C=C(C)C(=O)OCCOC(=O)[C@H](Cc1ccc(O)cc1)NC(=O)CCc1ccc(OC(=O)CCCCC(C)C)cc1. The average Bonchev–Trinajstić information content (AvgIpc) is 2.93. The third-order valence-corrected chi connectivity index (χ3v) is 6.11. The van der Waals surface area contributed by atoms with E-state index in [0.717, 1.165) is 24.8 Å². The molecular weight excluding hydrogens is 526 g/mol. The van der Waals surface area contributed by atoms with Crippen LogP contribution < -0.4 is 10.1 Å². The summed E-state index contributed by atoms with van der Waals surface area (Å²) < 4.78 is 15.6. The first-order valence-electron chi connectivity index (χ1n) is 13.9. The molecule has 0 bridgehead atoms. The Morgan fingerprint density at radius 3 is 2.15 bits per heavy atom. The van der Waals surface area contributed by atoms with E-state index < -0.39 is 18.0 Å². The second-order valence-corrected chi connectivity index (χ2v) is 10.3. The van der Waals surface area contributed by atoms with Crippen LogP contribution in [-0.4, -0.2) is 48.2 Å². The zero-order chi connectivity index (χ0) is 30.2. The molecular formula is C32H41NO8. The number of nitrogens with one attached hydrogen (secondary N) is 1. The van der Waals surface area contributed by atoms with Crippen LogP contribution >= 0.6 is 0 Å². The summed E-state index contributed by atoms with van der Waals surface area (Å²) in [5, 5.41) is 12.3. The maximum absolute atomic E-state index is 12.8. The normalized spacial score (nSPS) is 11.4. The van der Waals surface area contributed by atoms with E-state index in [0.29, 0.717) is 30.1 Å². The fraction of sp³-hybridized carbons (Fsp3) is 0.438. The van der Waals surface area contributed by atoms with Gasteiger partial charge < -0.3 is 24.6 Å². The monoisotopic (exact) mass is 567 g/mol. The minimum Gasteiger partial charge on any atom is -0.508 e. The van der Waals surface area contributed by atoms with Gasteiger partial charge in [-0.3, -0.25) is 9.59 Å². The van der Waals surface area contributed by atoms with E-state index in [4.69, 9.17) is 14.2 Å². The molecule has 0 fully saturated rings. The molecule has 222 valence electrons. The average molecular weight is 568 g/mol. The Labute approximate surface area is 241 Å². The Morgan fingerprint density at radius 2 is 1.51 bits per heavy atom. The van der Waals surface area contributed by atoms with Crippen molar-refractivity contribution in [2.24, 2.45) is 5.92 Å². The van der Waals surface area contributed by atoms with E-state index in [1.165, 1.54) is 19.1 Å². The van der Waals surface area contributed by atoms with Crippen molar-refractivity contribution in [1.29, 1.82) is 0 Å². The standard InChI is InChI=1S/C32H41NO8/c1-22(2)7-5-6-8-30(36)41-27-16-11-24(12-17-27)13-18-29(35)33-28(21-25-9-14-26(34)15-10-25)32(38)40-20-19-39-31(37)23(3)4/h9-12,14-17,22,28,34H,3,5-8,13,18-21H2,1-2,4H3,(H,33,35)/t28-/m0/s1. The van der Waals surface area contributed by atoms with Gasteiger partial charge in [-0.2, -0.15) is 0 Å². The quantitative estimate of drug-likeness (QED) is 0.120. The van der Waals surface area contributed by atoms with Crippen molar-refractivity contribution in [2.75, 3.05) is 13.2 Å². The molecule has 0 aliphatic heterocycles. The van der Waals surface area contributed by atoms with Crippen LogP contribution in [-0.2, 0) is 41.5 Å². The van der Waals surface area contributed by atoms with Crippen LogP contribution in [0.25, 0.3) is 0 Å². The highest BCUT2D eigenvalue weighted by Gasteiger charge is 2.23.